The standard InChI is InChI=1S/C21H32N6O4S/c1-26(21-18-8-9-23-20(18)24-14-25-21)16-6-4-15(5-7-16)13-32(29,30)27-10-2-3-17(11-27)31-12-19(22)28/h8-9,14-17H,2-7,10-13H2,1H3,(H2,22,28)(H,23,24,25)/t15-,16-,17?. The first-order valence-electron chi connectivity index (χ1n) is 11.2. The van der Waals surface area contributed by atoms with E-state index in [4.69, 9.17) is 10.5 Å². The van der Waals surface area contributed by atoms with Crippen molar-refractivity contribution in [3.63, 3.8) is 0 Å². The number of nitrogens with one attached hydrogen (secondary N) is 1. The normalized spacial score (nSPS) is 25.1. The van der Waals surface area contributed by atoms with Crippen LogP contribution in [0.3, 0.4) is 0 Å². The first kappa shape index (κ1) is 22.9. The maximum Gasteiger partial charge on any atom is 0.243 e. The number of fused-ring (bicyclic) bond motifs is 1. The van der Waals surface area contributed by atoms with E-state index in [9.17, 15) is 13.2 Å². The zero-order valence-electron chi connectivity index (χ0n) is 18.4. The number of hydrogen-bond donors (Lipinski definition) is 2. The Hall–Kier alpha value is -2.24. The summed E-state index contributed by atoms with van der Waals surface area (Å²) in [6, 6.07) is 2.31. The summed E-state index contributed by atoms with van der Waals surface area (Å²) in [5, 5.41) is 0.998. The highest BCUT2D eigenvalue weighted by molar-refractivity contribution is 7.89. The largest absolute Gasteiger partial charge is 0.368 e. The van der Waals surface area contributed by atoms with Crippen LogP contribution in [0.4, 0.5) is 5.82 Å². The van der Waals surface area contributed by atoms with Crippen LogP contribution in [-0.4, -0.2) is 78.2 Å². The quantitative estimate of drug-likeness (QED) is 0.600. The molecule has 1 aliphatic carbocycles. The van der Waals surface area contributed by atoms with Crippen molar-refractivity contribution in [3.05, 3.63) is 18.6 Å². The lowest BCUT2D eigenvalue weighted by Gasteiger charge is -2.37. The van der Waals surface area contributed by atoms with E-state index in [1.54, 1.807) is 6.33 Å². The number of primary amides is 1. The molecule has 32 heavy (non-hydrogen) atoms. The van der Waals surface area contributed by atoms with E-state index < -0.39 is 15.9 Å². The SMILES string of the molecule is CN(c1ncnc2[nH]ccc12)[C@H]1CC[C@H](CS(=O)(=O)N2CCCC(OCC(N)=O)C2)CC1. The van der Waals surface area contributed by atoms with Crippen LogP contribution in [0.5, 0.6) is 0 Å². The Balaban J connectivity index is 1.31. The maximum atomic E-state index is 13.0. The monoisotopic (exact) mass is 464 g/mol. The van der Waals surface area contributed by atoms with E-state index in [1.807, 2.05) is 12.3 Å². The Morgan fingerprint density at radius 3 is 2.81 bits per heavy atom. The van der Waals surface area contributed by atoms with Crippen molar-refractivity contribution >= 4 is 32.8 Å². The molecule has 2 fully saturated rings. The number of H-pyrrole nitrogens is 1. The minimum atomic E-state index is -3.37. The fourth-order valence-corrected chi connectivity index (χ4v) is 6.85. The summed E-state index contributed by atoms with van der Waals surface area (Å²) < 4.78 is 33.1. The van der Waals surface area contributed by atoms with Gasteiger partial charge in [0.05, 0.1) is 17.2 Å². The summed E-state index contributed by atoms with van der Waals surface area (Å²) in [7, 11) is -1.31. The number of nitrogens with two attached hydrogens (primary N) is 1. The fourth-order valence-electron chi connectivity index (χ4n) is 4.91. The minimum absolute atomic E-state index is 0.147. The number of piperidine rings is 1. The van der Waals surface area contributed by atoms with Crippen LogP contribution in [0.15, 0.2) is 18.6 Å². The lowest BCUT2D eigenvalue weighted by atomic mass is 9.86. The molecule has 10 nitrogen and oxygen atoms in total. The molecule has 1 atom stereocenters. The van der Waals surface area contributed by atoms with E-state index in [0.29, 0.717) is 19.1 Å². The van der Waals surface area contributed by atoms with Gasteiger partial charge < -0.3 is 20.4 Å². The van der Waals surface area contributed by atoms with Crippen LogP contribution in [-0.2, 0) is 19.6 Å². The van der Waals surface area contributed by atoms with Crippen molar-refractivity contribution in [2.45, 2.75) is 50.7 Å². The molecule has 3 heterocycles. The van der Waals surface area contributed by atoms with Gasteiger partial charge in [0.25, 0.3) is 0 Å². The van der Waals surface area contributed by atoms with Crippen LogP contribution < -0.4 is 10.6 Å². The summed E-state index contributed by atoms with van der Waals surface area (Å²) in [5.74, 6) is 0.685. The van der Waals surface area contributed by atoms with Crippen LogP contribution in [0.1, 0.15) is 38.5 Å². The van der Waals surface area contributed by atoms with Crippen LogP contribution in [0.25, 0.3) is 11.0 Å². The number of aromatic nitrogens is 3. The van der Waals surface area contributed by atoms with E-state index in [0.717, 1.165) is 55.4 Å². The molecular weight excluding hydrogens is 432 g/mol. The van der Waals surface area contributed by atoms with Gasteiger partial charge in [-0.25, -0.2) is 18.4 Å². The summed E-state index contributed by atoms with van der Waals surface area (Å²) in [6.45, 7) is 0.642. The number of carbonyl (C=O) groups excluding carboxylic acids is 1. The average molecular weight is 465 g/mol. The molecule has 1 unspecified atom stereocenters. The summed E-state index contributed by atoms with van der Waals surface area (Å²) in [6.07, 6.45) is 8.23. The Morgan fingerprint density at radius 2 is 2.06 bits per heavy atom. The van der Waals surface area contributed by atoms with E-state index >= 15 is 0 Å². The minimum Gasteiger partial charge on any atom is -0.368 e. The number of ether oxygens (including phenoxy) is 1. The molecule has 2 aromatic heterocycles. The second-order valence-electron chi connectivity index (χ2n) is 8.90. The number of rotatable bonds is 8. The molecule has 11 heteroatoms. The van der Waals surface area contributed by atoms with Crippen molar-refractivity contribution in [1.82, 2.24) is 19.3 Å². The first-order valence-corrected chi connectivity index (χ1v) is 12.8. The molecule has 0 bridgehead atoms. The van der Waals surface area contributed by atoms with Crippen molar-refractivity contribution in [2.24, 2.45) is 11.7 Å². The Bertz CT molecular complexity index is 1030. The highest BCUT2D eigenvalue weighted by Crippen LogP contribution is 2.32. The predicted molar refractivity (Wildman–Crippen MR) is 122 cm³/mol. The summed E-state index contributed by atoms with van der Waals surface area (Å²) in [5.41, 5.74) is 5.96. The fraction of sp³-hybridized carbons (Fsp3) is 0.667. The third-order valence-corrected chi connectivity index (χ3v) is 8.68. The molecule has 1 saturated heterocycles. The maximum absolute atomic E-state index is 13.0. The lowest BCUT2D eigenvalue weighted by molar-refractivity contribution is -0.125. The number of aromatic amines is 1. The van der Waals surface area contributed by atoms with Gasteiger partial charge >= 0.3 is 0 Å². The summed E-state index contributed by atoms with van der Waals surface area (Å²) in [4.78, 5) is 25.0. The number of nitrogens with zero attached hydrogens (tertiary/aromatic N) is 4. The third-order valence-electron chi connectivity index (χ3n) is 6.67. The Labute approximate surface area is 188 Å². The topological polar surface area (TPSA) is 135 Å². The molecule has 0 spiro atoms. The molecule has 1 amide bonds. The van der Waals surface area contributed by atoms with Crippen molar-refractivity contribution < 1.29 is 17.9 Å². The predicted octanol–water partition coefficient (Wildman–Crippen LogP) is 1.25. The number of carbonyl (C=O) groups is 1. The van der Waals surface area contributed by atoms with Crippen molar-refractivity contribution in [1.29, 1.82) is 0 Å². The van der Waals surface area contributed by atoms with Gasteiger partial charge in [0.2, 0.25) is 15.9 Å². The van der Waals surface area contributed by atoms with E-state index in [1.165, 1.54) is 4.31 Å². The molecule has 1 aliphatic heterocycles. The Kier molecular flexibility index (Phi) is 6.96. The van der Waals surface area contributed by atoms with Gasteiger partial charge in [-0.2, -0.15) is 4.31 Å². The molecule has 2 aromatic rings. The average Bonchev–Trinajstić information content (AvgIpc) is 3.27. The number of sulfonamides is 1. The van der Waals surface area contributed by atoms with E-state index in [-0.39, 0.29) is 24.4 Å². The van der Waals surface area contributed by atoms with Gasteiger partial charge in [-0.15, -0.1) is 0 Å². The molecule has 0 aromatic carbocycles. The van der Waals surface area contributed by atoms with Gasteiger partial charge in [0, 0.05) is 32.4 Å². The molecule has 0 radical (unpaired) electrons. The molecule has 3 N–H and O–H groups in total. The van der Waals surface area contributed by atoms with Crippen LogP contribution in [0, 0.1) is 5.92 Å². The van der Waals surface area contributed by atoms with E-state index in [2.05, 4.69) is 26.9 Å². The second kappa shape index (κ2) is 9.72. The number of anilines is 1. The smallest absolute Gasteiger partial charge is 0.243 e. The molecule has 1 saturated carbocycles. The van der Waals surface area contributed by atoms with Crippen LogP contribution in [0.2, 0.25) is 0 Å². The van der Waals surface area contributed by atoms with Crippen LogP contribution >= 0.6 is 0 Å². The number of hydrogen-bond acceptors (Lipinski definition) is 7. The highest BCUT2D eigenvalue weighted by atomic mass is 32.2. The van der Waals surface area contributed by atoms with Crippen molar-refractivity contribution in [2.75, 3.05) is 37.4 Å². The van der Waals surface area contributed by atoms with Gasteiger partial charge in [-0.05, 0) is 50.5 Å². The highest BCUT2D eigenvalue weighted by Gasteiger charge is 2.34. The zero-order valence-corrected chi connectivity index (χ0v) is 19.3. The second-order valence-corrected chi connectivity index (χ2v) is 10.9. The zero-order chi connectivity index (χ0) is 22.7. The van der Waals surface area contributed by atoms with Gasteiger partial charge in [-0.3, -0.25) is 4.79 Å². The molecule has 4 rings (SSSR count). The Morgan fingerprint density at radius 1 is 1.28 bits per heavy atom. The molecular formula is C21H32N6O4S. The van der Waals surface area contributed by atoms with Gasteiger partial charge in [-0.1, -0.05) is 0 Å². The lowest BCUT2D eigenvalue weighted by Crippen LogP contribution is -2.46. The van der Waals surface area contributed by atoms with Gasteiger partial charge in [0.1, 0.15) is 24.4 Å². The molecule has 176 valence electrons. The third kappa shape index (κ3) is 5.21. The molecule has 2 aliphatic rings. The first-order chi connectivity index (χ1) is 15.3. The number of amides is 1. The van der Waals surface area contributed by atoms with Crippen molar-refractivity contribution in [3.8, 4) is 0 Å². The van der Waals surface area contributed by atoms with Gasteiger partial charge in [0.15, 0.2) is 0 Å². The summed E-state index contributed by atoms with van der Waals surface area (Å²) >= 11 is 0.